The van der Waals surface area contributed by atoms with E-state index in [0.29, 0.717) is 21.8 Å². The van der Waals surface area contributed by atoms with Crippen LogP contribution in [0, 0.1) is 0 Å². The average Bonchev–Trinajstić information content (AvgIpc) is 3.26. The van der Waals surface area contributed by atoms with E-state index in [1.807, 2.05) is 60.0 Å². The van der Waals surface area contributed by atoms with Gasteiger partial charge in [0.25, 0.3) is 0 Å². The van der Waals surface area contributed by atoms with Crippen LogP contribution < -0.4 is 4.74 Å². The number of rotatable bonds is 7. The van der Waals surface area contributed by atoms with E-state index >= 15 is 0 Å². The second-order valence-electron chi connectivity index (χ2n) is 5.64. The Morgan fingerprint density at radius 3 is 2.41 bits per heavy atom. The number of para-hydroxylation sites is 1. The van der Waals surface area contributed by atoms with Gasteiger partial charge in [0.2, 0.25) is 5.78 Å². The van der Waals surface area contributed by atoms with E-state index in [-0.39, 0.29) is 12.4 Å². The minimum Gasteiger partial charge on any atom is -0.496 e. The van der Waals surface area contributed by atoms with Crippen molar-refractivity contribution in [3.05, 3.63) is 88.1 Å². The Morgan fingerprint density at radius 2 is 1.70 bits per heavy atom. The largest absolute Gasteiger partial charge is 0.496 e. The Labute approximate surface area is 161 Å². The van der Waals surface area contributed by atoms with Crippen molar-refractivity contribution in [2.45, 2.75) is 0 Å². The van der Waals surface area contributed by atoms with Crippen LogP contribution >= 0.6 is 11.3 Å². The topological polar surface area (TPSA) is 52.6 Å². The van der Waals surface area contributed by atoms with E-state index in [2.05, 4.69) is 0 Å². The molecule has 3 rings (SSSR count). The van der Waals surface area contributed by atoms with Gasteiger partial charge in [-0.05, 0) is 29.2 Å². The number of hydrogen-bond donors (Lipinski definition) is 0. The smallest absolute Gasteiger partial charge is 0.339 e. The minimum absolute atomic E-state index is 0.219. The summed E-state index contributed by atoms with van der Waals surface area (Å²) in [4.78, 5) is 25.4. The number of methoxy groups -OCH3 is 1. The molecule has 3 aromatic rings. The molecule has 1 aromatic heterocycles. The van der Waals surface area contributed by atoms with Crippen LogP contribution in [0.2, 0.25) is 0 Å². The van der Waals surface area contributed by atoms with Gasteiger partial charge >= 0.3 is 5.97 Å². The summed E-state index contributed by atoms with van der Waals surface area (Å²) in [6.45, 7) is -0.296. The van der Waals surface area contributed by atoms with Crippen molar-refractivity contribution >= 4 is 34.7 Å². The van der Waals surface area contributed by atoms with Gasteiger partial charge in [-0.15, -0.1) is 11.3 Å². The second-order valence-corrected chi connectivity index (χ2v) is 6.59. The number of ketones is 1. The van der Waals surface area contributed by atoms with Gasteiger partial charge in [0.05, 0.1) is 17.6 Å². The standard InChI is InChI=1S/C22H18O4S/c1-25-20-11-6-5-10-17(20)14-18(16-8-3-2-4-9-16)22(24)26-15-19(23)21-12-7-13-27-21/h2-14H,15H2,1H3/b18-14+. The SMILES string of the molecule is COc1ccccc1/C=C(/C(=O)OCC(=O)c1cccs1)c1ccccc1. The molecule has 4 nitrogen and oxygen atoms in total. The molecule has 27 heavy (non-hydrogen) atoms. The third-order valence-corrected chi connectivity index (χ3v) is 4.78. The first-order valence-corrected chi connectivity index (χ1v) is 9.21. The molecule has 0 unspecified atom stereocenters. The van der Waals surface area contributed by atoms with Crippen LogP contribution in [0.3, 0.4) is 0 Å². The van der Waals surface area contributed by atoms with Gasteiger partial charge in [0, 0.05) is 5.56 Å². The van der Waals surface area contributed by atoms with E-state index in [0.717, 1.165) is 5.56 Å². The molecule has 0 radical (unpaired) electrons. The molecule has 0 fully saturated rings. The lowest BCUT2D eigenvalue weighted by Crippen LogP contribution is -2.14. The zero-order valence-corrected chi connectivity index (χ0v) is 15.6. The van der Waals surface area contributed by atoms with E-state index < -0.39 is 5.97 Å². The number of hydrogen-bond acceptors (Lipinski definition) is 5. The van der Waals surface area contributed by atoms with Crippen LogP contribution in [0.5, 0.6) is 5.75 Å². The number of carbonyl (C=O) groups is 2. The normalized spacial score (nSPS) is 11.1. The predicted molar refractivity (Wildman–Crippen MR) is 107 cm³/mol. The van der Waals surface area contributed by atoms with Crippen molar-refractivity contribution in [3.8, 4) is 5.75 Å². The van der Waals surface area contributed by atoms with Crippen LogP contribution in [0.15, 0.2) is 72.1 Å². The molecule has 0 saturated heterocycles. The molecule has 1 heterocycles. The summed E-state index contributed by atoms with van der Waals surface area (Å²) < 4.78 is 10.7. The van der Waals surface area contributed by atoms with Gasteiger partial charge in [-0.2, -0.15) is 0 Å². The Balaban J connectivity index is 1.87. The third-order valence-electron chi connectivity index (χ3n) is 3.87. The summed E-state index contributed by atoms with van der Waals surface area (Å²) in [5, 5.41) is 1.81. The van der Waals surface area contributed by atoms with E-state index in [1.54, 1.807) is 25.3 Å². The monoisotopic (exact) mass is 378 g/mol. The first-order valence-electron chi connectivity index (χ1n) is 8.33. The molecular formula is C22H18O4S. The molecule has 0 bridgehead atoms. The quantitative estimate of drug-likeness (QED) is 0.258. The number of benzene rings is 2. The lowest BCUT2D eigenvalue weighted by atomic mass is 10.0. The molecule has 0 aliphatic carbocycles. The number of Topliss-reactive ketones (excluding diaryl/α,β-unsaturated/α-hetero) is 1. The highest BCUT2D eigenvalue weighted by molar-refractivity contribution is 7.12. The van der Waals surface area contributed by atoms with Gasteiger partial charge in [0.15, 0.2) is 6.61 Å². The second kappa shape index (κ2) is 8.96. The molecule has 0 aliphatic heterocycles. The van der Waals surface area contributed by atoms with Crippen molar-refractivity contribution < 1.29 is 19.1 Å². The average molecular weight is 378 g/mol. The highest BCUT2D eigenvalue weighted by Crippen LogP contribution is 2.25. The fourth-order valence-electron chi connectivity index (χ4n) is 2.54. The number of carbonyl (C=O) groups excluding carboxylic acids is 2. The van der Waals surface area contributed by atoms with Crippen molar-refractivity contribution in [1.29, 1.82) is 0 Å². The van der Waals surface area contributed by atoms with Gasteiger partial charge in [-0.3, -0.25) is 4.79 Å². The number of ether oxygens (including phenoxy) is 2. The molecule has 5 heteroatoms. The third kappa shape index (κ3) is 4.71. The van der Waals surface area contributed by atoms with Crippen LogP contribution in [-0.2, 0) is 9.53 Å². The Morgan fingerprint density at radius 1 is 0.963 bits per heavy atom. The van der Waals surface area contributed by atoms with E-state index in [1.165, 1.54) is 11.3 Å². The highest BCUT2D eigenvalue weighted by atomic mass is 32.1. The first kappa shape index (κ1) is 18.6. The summed E-state index contributed by atoms with van der Waals surface area (Å²) in [5.41, 5.74) is 1.82. The first-order chi connectivity index (χ1) is 13.2. The summed E-state index contributed by atoms with van der Waals surface area (Å²) >= 11 is 1.32. The fraction of sp³-hybridized carbons (Fsp3) is 0.0909. The van der Waals surface area contributed by atoms with Gasteiger partial charge in [0.1, 0.15) is 5.75 Å². The van der Waals surface area contributed by atoms with E-state index in [4.69, 9.17) is 9.47 Å². The zero-order valence-electron chi connectivity index (χ0n) is 14.8. The maximum absolute atomic E-state index is 12.7. The maximum atomic E-state index is 12.7. The van der Waals surface area contributed by atoms with E-state index in [9.17, 15) is 9.59 Å². The van der Waals surface area contributed by atoms with Crippen molar-refractivity contribution in [2.24, 2.45) is 0 Å². The van der Waals surface area contributed by atoms with Gasteiger partial charge < -0.3 is 9.47 Å². The molecule has 0 aliphatic rings. The summed E-state index contributed by atoms with van der Waals surface area (Å²) in [7, 11) is 1.58. The number of esters is 1. The molecule has 0 atom stereocenters. The predicted octanol–water partition coefficient (Wildman–Crippen LogP) is 4.72. The number of thiophene rings is 1. The lowest BCUT2D eigenvalue weighted by molar-refractivity contribution is -0.135. The lowest BCUT2D eigenvalue weighted by Gasteiger charge is -2.10. The van der Waals surface area contributed by atoms with Crippen LogP contribution in [0.25, 0.3) is 11.6 Å². The van der Waals surface area contributed by atoms with Crippen molar-refractivity contribution in [2.75, 3.05) is 13.7 Å². The van der Waals surface area contributed by atoms with Crippen molar-refractivity contribution in [3.63, 3.8) is 0 Å². The summed E-state index contributed by atoms with van der Waals surface area (Å²) in [5.74, 6) is -0.131. The van der Waals surface area contributed by atoms with Gasteiger partial charge in [-0.25, -0.2) is 4.79 Å². The molecule has 2 aromatic carbocycles. The van der Waals surface area contributed by atoms with Crippen LogP contribution in [0.1, 0.15) is 20.8 Å². The highest BCUT2D eigenvalue weighted by Gasteiger charge is 2.17. The molecule has 0 N–H and O–H groups in total. The van der Waals surface area contributed by atoms with Crippen LogP contribution in [0.4, 0.5) is 0 Å². The molecule has 0 saturated carbocycles. The van der Waals surface area contributed by atoms with Crippen LogP contribution in [-0.4, -0.2) is 25.5 Å². The molecule has 0 amide bonds. The van der Waals surface area contributed by atoms with Gasteiger partial charge in [-0.1, -0.05) is 54.6 Å². The fourth-order valence-corrected chi connectivity index (χ4v) is 3.19. The maximum Gasteiger partial charge on any atom is 0.339 e. The molecule has 0 spiro atoms. The Bertz CT molecular complexity index is 943. The minimum atomic E-state index is -0.558. The Hall–Kier alpha value is -3.18. The summed E-state index contributed by atoms with van der Waals surface area (Å²) in [6.07, 6.45) is 1.71. The summed E-state index contributed by atoms with van der Waals surface area (Å²) in [6, 6.07) is 20.1. The zero-order chi connectivity index (χ0) is 19.1. The van der Waals surface area contributed by atoms with Crippen molar-refractivity contribution in [1.82, 2.24) is 0 Å². The molecule has 136 valence electrons. The Kier molecular flexibility index (Phi) is 6.18. The molecular weight excluding hydrogens is 360 g/mol.